The first-order chi connectivity index (χ1) is 9.61. The van der Waals surface area contributed by atoms with Crippen LogP contribution in [-0.2, 0) is 19.1 Å². The van der Waals surface area contributed by atoms with Gasteiger partial charge in [-0.05, 0) is 48.7 Å². The average molecular weight is 328 g/mol. The SMILES string of the molecule is O=C([O-])/C(=C(\C(=O)[O-])C1CCOCC1)C1CCOCC1.[Na+].[Na+]. The van der Waals surface area contributed by atoms with E-state index < -0.39 is 11.9 Å². The Hall–Kier alpha value is 0.600. The molecular formula is C14H18Na2O6. The number of carbonyl (C=O) groups excluding carboxylic acids is 2. The molecule has 0 bridgehead atoms. The summed E-state index contributed by atoms with van der Waals surface area (Å²) in [5, 5.41) is 22.9. The normalized spacial score (nSPS) is 21.1. The number of aliphatic carboxylic acids is 2. The van der Waals surface area contributed by atoms with Crippen molar-refractivity contribution in [2.45, 2.75) is 25.7 Å². The Balaban J connectivity index is 0.00000220. The van der Waals surface area contributed by atoms with Crippen LogP contribution in [0.3, 0.4) is 0 Å². The van der Waals surface area contributed by atoms with Gasteiger partial charge >= 0.3 is 59.1 Å². The summed E-state index contributed by atoms with van der Waals surface area (Å²) in [7, 11) is 0. The van der Waals surface area contributed by atoms with Gasteiger partial charge in [-0.2, -0.15) is 0 Å². The number of hydrogen-bond acceptors (Lipinski definition) is 6. The molecule has 2 heterocycles. The Morgan fingerprint density at radius 2 is 0.955 bits per heavy atom. The van der Waals surface area contributed by atoms with E-state index >= 15 is 0 Å². The van der Waals surface area contributed by atoms with Crippen molar-refractivity contribution in [1.82, 2.24) is 0 Å². The Bertz CT molecular complexity index is 374. The van der Waals surface area contributed by atoms with Gasteiger partial charge in [0.25, 0.3) is 0 Å². The zero-order valence-corrected chi connectivity index (χ0v) is 17.3. The van der Waals surface area contributed by atoms with Crippen LogP contribution in [0.1, 0.15) is 25.7 Å². The Morgan fingerprint density at radius 1 is 0.682 bits per heavy atom. The summed E-state index contributed by atoms with van der Waals surface area (Å²) in [6, 6.07) is 0. The van der Waals surface area contributed by atoms with Crippen molar-refractivity contribution in [1.29, 1.82) is 0 Å². The average Bonchev–Trinajstić information content (AvgIpc) is 2.45. The Labute approximate surface area is 174 Å². The van der Waals surface area contributed by atoms with Crippen LogP contribution in [0, 0.1) is 11.8 Å². The second-order valence-electron chi connectivity index (χ2n) is 5.18. The molecule has 22 heavy (non-hydrogen) atoms. The van der Waals surface area contributed by atoms with Gasteiger partial charge in [0.2, 0.25) is 0 Å². The monoisotopic (exact) mass is 328 g/mol. The van der Waals surface area contributed by atoms with E-state index in [1.807, 2.05) is 0 Å². The molecule has 2 aliphatic heterocycles. The molecule has 112 valence electrons. The maximum absolute atomic E-state index is 11.5. The first kappa shape index (κ1) is 22.6. The van der Waals surface area contributed by atoms with E-state index in [2.05, 4.69) is 0 Å². The molecule has 2 saturated heterocycles. The van der Waals surface area contributed by atoms with E-state index in [0.29, 0.717) is 52.1 Å². The number of carboxylic acids is 2. The third-order valence-electron chi connectivity index (χ3n) is 3.99. The quantitative estimate of drug-likeness (QED) is 0.376. The number of rotatable bonds is 4. The predicted molar refractivity (Wildman–Crippen MR) is 64.1 cm³/mol. The van der Waals surface area contributed by atoms with Gasteiger partial charge in [-0.1, -0.05) is 0 Å². The molecule has 2 fully saturated rings. The number of ether oxygens (including phenoxy) is 2. The smallest absolute Gasteiger partial charge is 0.545 e. The van der Waals surface area contributed by atoms with Crippen LogP contribution in [-0.4, -0.2) is 38.4 Å². The van der Waals surface area contributed by atoms with Crippen molar-refractivity contribution in [3.63, 3.8) is 0 Å². The standard InChI is InChI=1S/C14H20O6.2Na/c15-13(16)11(9-1-5-19-6-2-9)12(14(17)18)10-3-7-20-8-4-10;;/h9-10H,1-8H2,(H,15,16)(H,17,18);;/q;2*+1/p-2/b12-11-;;. The molecule has 0 saturated carbocycles. The summed E-state index contributed by atoms with van der Waals surface area (Å²) >= 11 is 0. The zero-order valence-electron chi connectivity index (χ0n) is 13.3. The topological polar surface area (TPSA) is 98.7 Å². The minimum Gasteiger partial charge on any atom is -0.545 e. The van der Waals surface area contributed by atoms with E-state index in [0.717, 1.165) is 0 Å². The predicted octanol–water partition coefficient (Wildman–Crippen LogP) is -7.36. The van der Waals surface area contributed by atoms with Crippen LogP contribution in [0.4, 0.5) is 0 Å². The van der Waals surface area contributed by atoms with Gasteiger partial charge in [0.05, 0.1) is 11.9 Å². The van der Waals surface area contributed by atoms with Crippen LogP contribution < -0.4 is 69.3 Å². The van der Waals surface area contributed by atoms with Gasteiger partial charge in [-0.3, -0.25) is 0 Å². The van der Waals surface area contributed by atoms with Crippen LogP contribution in [0.2, 0.25) is 0 Å². The summed E-state index contributed by atoms with van der Waals surface area (Å²) in [4.78, 5) is 22.9. The number of carbonyl (C=O) groups is 2. The van der Waals surface area contributed by atoms with Gasteiger partial charge in [0.15, 0.2) is 0 Å². The van der Waals surface area contributed by atoms with E-state index in [-0.39, 0.29) is 82.1 Å². The van der Waals surface area contributed by atoms with Gasteiger partial charge < -0.3 is 29.3 Å². The molecule has 6 nitrogen and oxygen atoms in total. The zero-order chi connectivity index (χ0) is 14.5. The van der Waals surface area contributed by atoms with Gasteiger partial charge in [-0.15, -0.1) is 0 Å². The fraction of sp³-hybridized carbons (Fsp3) is 0.714. The van der Waals surface area contributed by atoms with E-state index in [1.165, 1.54) is 0 Å². The Morgan fingerprint density at radius 3 is 1.18 bits per heavy atom. The molecule has 2 aliphatic rings. The molecule has 0 spiro atoms. The molecule has 0 atom stereocenters. The fourth-order valence-corrected chi connectivity index (χ4v) is 2.97. The molecule has 0 radical (unpaired) electrons. The van der Waals surface area contributed by atoms with Crippen molar-refractivity contribution >= 4 is 11.9 Å². The molecule has 0 amide bonds. The number of carboxylic acid groups (broad SMARTS) is 2. The van der Waals surface area contributed by atoms with E-state index in [4.69, 9.17) is 9.47 Å². The van der Waals surface area contributed by atoms with Crippen LogP contribution in [0.5, 0.6) is 0 Å². The van der Waals surface area contributed by atoms with Crippen molar-refractivity contribution in [3.8, 4) is 0 Å². The summed E-state index contributed by atoms with van der Waals surface area (Å²) in [6.07, 6.45) is 2.01. The van der Waals surface area contributed by atoms with Crippen molar-refractivity contribution in [2.24, 2.45) is 11.8 Å². The minimum atomic E-state index is -1.40. The number of hydrogen-bond donors (Lipinski definition) is 0. The molecule has 0 unspecified atom stereocenters. The van der Waals surface area contributed by atoms with Crippen LogP contribution in [0.25, 0.3) is 0 Å². The summed E-state index contributed by atoms with van der Waals surface area (Å²) in [5.41, 5.74) is -0.194. The third-order valence-corrected chi connectivity index (χ3v) is 3.99. The second-order valence-corrected chi connectivity index (χ2v) is 5.18. The minimum absolute atomic E-state index is 0. The van der Waals surface area contributed by atoms with Crippen molar-refractivity contribution < 1.29 is 88.4 Å². The summed E-state index contributed by atoms with van der Waals surface area (Å²) in [5.74, 6) is -3.46. The molecule has 0 aromatic rings. The fourth-order valence-electron chi connectivity index (χ4n) is 2.97. The molecule has 0 aromatic heterocycles. The molecule has 0 aromatic carbocycles. The van der Waals surface area contributed by atoms with Crippen LogP contribution >= 0.6 is 0 Å². The van der Waals surface area contributed by atoms with Gasteiger partial charge in [-0.25, -0.2) is 0 Å². The van der Waals surface area contributed by atoms with E-state index in [1.54, 1.807) is 0 Å². The third kappa shape index (κ3) is 5.91. The van der Waals surface area contributed by atoms with Crippen molar-refractivity contribution in [3.05, 3.63) is 11.1 Å². The first-order valence-corrected chi connectivity index (χ1v) is 6.93. The molecule has 0 N–H and O–H groups in total. The van der Waals surface area contributed by atoms with Crippen molar-refractivity contribution in [2.75, 3.05) is 26.4 Å². The molecular weight excluding hydrogens is 310 g/mol. The largest absolute Gasteiger partial charge is 1.00 e. The summed E-state index contributed by atoms with van der Waals surface area (Å²) < 4.78 is 10.4. The maximum Gasteiger partial charge on any atom is 1.00 e. The molecule has 8 heteroatoms. The second kappa shape index (κ2) is 11.2. The van der Waals surface area contributed by atoms with Gasteiger partial charge in [0, 0.05) is 26.4 Å². The summed E-state index contributed by atoms with van der Waals surface area (Å²) in [6.45, 7) is 1.76. The molecule has 0 aliphatic carbocycles. The Kier molecular flexibility index (Phi) is 11.5. The van der Waals surface area contributed by atoms with Gasteiger partial charge in [0.1, 0.15) is 0 Å². The van der Waals surface area contributed by atoms with E-state index in [9.17, 15) is 19.8 Å². The van der Waals surface area contributed by atoms with Crippen LogP contribution in [0.15, 0.2) is 11.1 Å². The maximum atomic E-state index is 11.5. The molecule has 2 rings (SSSR count). The first-order valence-electron chi connectivity index (χ1n) is 6.93.